The Morgan fingerprint density at radius 1 is 1.27 bits per heavy atom. The number of rotatable bonds is 10. The van der Waals surface area contributed by atoms with Crippen molar-refractivity contribution in [3.05, 3.63) is 47.1 Å². The minimum absolute atomic E-state index is 0.0995. The van der Waals surface area contributed by atoms with Crippen LogP contribution in [0.25, 0.3) is 0 Å². The van der Waals surface area contributed by atoms with E-state index in [9.17, 15) is 14.7 Å². The first-order valence-corrected chi connectivity index (χ1v) is 10.8. The second-order valence-electron chi connectivity index (χ2n) is 8.36. The normalized spacial score (nSPS) is 18.6. The number of esters is 1. The van der Waals surface area contributed by atoms with E-state index >= 15 is 0 Å². The Kier molecular flexibility index (Phi) is 8.85. The van der Waals surface area contributed by atoms with Crippen LogP contribution >= 0.6 is 0 Å². The summed E-state index contributed by atoms with van der Waals surface area (Å²) >= 11 is 0. The van der Waals surface area contributed by atoms with Crippen molar-refractivity contribution in [2.24, 2.45) is 5.92 Å². The molecule has 0 heterocycles. The van der Waals surface area contributed by atoms with Gasteiger partial charge in [0.25, 0.3) is 0 Å². The van der Waals surface area contributed by atoms with Crippen LogP contribution in [0.4, 0.5) is 0 Å². The Labute approximate surface area is 179 Å². The van der Waals surface area contributed by atoms with Crippen molar-refractivity contribution in [1.82, 2.24) is 0 Å². The van der Waals surface area contributed by atoms with Gasteiger partial charge in [-0.2, -0.15) is 0 Å². The number of Topliss-reactive ketones (excluding diaryl/α,β-unsaturated/α-hetero) is 1. The van der Waals surface area contributed by atoms with Gasteiger partial charge < -0.3 is 14.9 Å². The summed E-state index contributed by atoms with van der Waals surface area (Å²) in [4.78, 5) is 23.8. The summed E-state index contributed by atoms with van der Waals surface area (Å²) in [7, 11) is 0. The van der Waals surface area contributed by atoms with Gasteiger partial charge in [0.1, 0.15) is 24.5 Å². The summed E-state index contributed by atoms with van der Waals surface area (Å²) < 4.78 is 5.57. The number of phenols is 1. The number of allylic oxidation sites excluding steroid dienone is 3. The summed E-state index contributed by atoms with van der Waals surface area (Å²) in [6, 6.07) is 3.56. The van der Waals surface area contributed by atoms with Crippen molar-refractivity contribution < 1.29 is 24.5 Å². The Morgan fingerprint density at radius 3 is 2.63 bits per heavy atom. The van der Waals surface area contributed by atoms with E-state index in [-0.39, 0.29) is 17.6 Å². The SMILES string of the molecule is C=C(C)[C@@H]1CCC(C)=C[C@H]1c1c(O)cc(CCCCC)cc1OC(=O)CC(=O)CO. The lowest BCUT2D eigenvalue weighted by molar-refractivity contribution is -0.138. The lowest BCUT2D eigenvalue weighted by Gasteiger charge is -2.32. The number of ether oxygens (including phenoxy) is 1. The van der Waals surface area contributed by atoms with Crippen molar-refractivity contribution >= 4 is 11.8 Å². The zero-order valence-electron chi connectivity index (χ0n) is 18.4. The molecule has 1 aromatic rings. The lowest BCUT2D eigenvalue weighted by Crippen LogP contribution is -2.20. The molecule has 0 saturated carbocycles. The molecule has 0 aromatic heterocycles. The standard InChI is InChI=1S/C25H34O5/c1-5-6-7-8-18-12-22(28)25(21-11-17(4)9-10-20(21)16(2)3)23(13-18)30-24(29)14-19(27)15-26/h11-13,20-21,26,28H,2,5-10,14-15H2,1,3-4H3/t20-,21+/m0/s1. The molecular formula is C25H34O5. The number of phenolic OH excluding ortho intramolecular Hbond substituents is 1. The van der Waals surface area contributed by atoms with Crippen molar-refractivity contribution in [3.8, 4) is 11.5 Å². The summed E-state index contributed by atoms with van der Waals surface area (Å²) in [5.74, 6) is -0.969. The Balaban J connectivity index is 2.48. The fourth-order valence-electron chi connectivity index (χ4n) is 4.09. The van der Waals surface area contributed by atoms with E-state index in [0.29, 0.717) is 11.3 Å². The van der Waals surface area contributed by atoms with Crippen molar-refractivity contribution in [2.75, 3.05) is 6.61 Å². The number of hydrogen-bond donors (Lipinski definition) is 2. The molecule has 2 atom stereocenters. The van der Waals surface area contributed by atoms with Gasteiger partial charge in [0.2, 0.25) is 0 Å². The zero-order chi connectivity index (χ0) is 22.3. The third kappa shape index (κ3) is 6.30. The molecule has 2 N–H and O–H groups in total. The molecule has 0 spiro atoms. The number of aliphatic hydroxyl groups is 1. The molecule has 0 unspecified atom stereocenters. The molecule has 2 rings (SSSR count). The highest BCUT2D eigenvalue weighted by molar-refractivity contribution is 5.97. The number of ketones is 1. The van der Waals surface area contributed by atoms with Gasteiger partial charge in [-0.05, 0) is 63.1 Å². The van der Waals surface area contributed by atoms with E-state index in [0.717, 1.165) is 49.7 Å². The summed E-state index contributed by atoms with van der Waals surface area (Å²) in [5, 5.41) is 19.9. The minimum atomic E-state index is -0.733. The molecule has 0 fully saturated rings. The van der Waals surface area contributed by atoms with Crippen molar-refractivity contribution in [3.63, 3.8) is 0 Å². The maximum atomic E-state index is 12.3. The fourth-order valence-corrected chi connectivity index (χ4v) is 4.09. The van der Waals surface area contributed by atoms with Crippen LogP contribution in [0.15, 0.2) is 35.9 Å². The molecule has 0 saturated heterocycles. The Hall–Kier alpha value is -2.40. The molecule has 1 aromatic carbocycles. The molecule has 0 bridgehead atoms. The van der Waals surface area contributed by atoms with Crippen LogP contribution in [0.3, 0.4) is 0 Å². The van der Waals surface area contributed by atoms with Crippen molar-refractivity contribution in [2.45, 2.75) is 71.6 Å². The Bertz CT molecular complexity index is 821. The van der Waals surface area contributed by atoms with E-state index in [1.165, 1.54) is 5.57 Å². The molecule has 1 aliphatic carbocycles. The summed E-state index contributed by atoms with van der Waals surface area (Å²) in [6.07, 6.45) is 7.39. The number of aliphatic hydroxyl groups excluding tert-OH is 1. The lowest BCUT2D eigenvalue weighted by atomic mass is 9.73. The van der Waals surface area contributed by atoms with Crippen LogP contribution in [-0.2, 0) is 16.0 Å². The number of benzene rings is 1. The second-order valence-corrected chi connectivity index (χ2v) is 8.36. The molecule has 164 valence electrons. The maximum Gasteiger partial charge on any atom is 0.318 e. The van der Waals surface area contributed by atoms with Crippen LogP contribution in [0.2, 0.25) is 0 Å². The maximum absolute atomic E-state index is 12.3. The number of aryl methyl sites for hydroxylation is 1. The number of unbranched alkanes of at least 4 members (excludes halogenated alkanes) is 2. The first-order chi connectivity index (χ1) is 14.3. The third-order valence-electron chi connectivity index (χ3n) is 5.70. The van der Waals surface area contributed by atoms with E-state index in [1.54, 1.807) is 12.1 Å². The third-order valence-corrected chi connectivity index (χ3v) is 5.70. The van der Waals surface area contributed by atoms with Crippen LogP contribution in [-0.4, -0.2) is 28.6 Å². The topological polar surface area (TPSA) is 83.8 Å². The van der Waals surface area contributed by atoms with Gasteiger partial charge in [-0.15, -0.1) is 0 Å². The van der Waals surface area contributed by atoms with Crippen molar-refractivity contribution in [1.29, 1.82) is 0 Å². The van der Waals surface area contributed by atoms with Crippen LogP contribution in [0.5, 0.6) is 11.5 Å². The molecular weight excluding hydrogens is 380 g/mol. The van der Waals surface area contributed by atoms with Gasteiger partial charge in [0.05, 0.1) is 0 Å². The van der Waals surface area contributed by atoms with Gasteiger partial charge in [0, 0.05) is 11.5 Å². The van der Waals surface area contributed by atoms with Gasteiger partial charge in [-0.25, -0.2) is 0 Å². The highest BCUT2D eigenvalue weighted by atomic mass is 16.5. The number of hydrogen-bond acceptors (Lipinski definition) is 5. The zero-order valence-corrected chi connectivity index (χ0v) is 18.4. The number of carbonyl (C=O) groups is 2. The average Bonchev–Trinajstić information content (AvgIpc) is 2.67. The van der Waals surface area contributed by atoms with Crippen LogP contribution in [0, 0.1) is 5.92 Å². The molecule has 0 aliphatic heterocycles. The predicted octanol–water partition coefficient (Wildman–Crippen LogP) is 5.00. The number of aromatic hydroxyl groups is 1. The van der Waals surface area contributed by atoms with E-state index < -0.39 is 24.8 Å². The van der Waals surface area contributed by atoms with Crippen LogP contribution < -0.4 is 4.74 Å². The smallest absolute Gasteiger partial charge is 0.318 e. The molecule has 0 amide bonds. The second kappa shape index (κ2) is 11.1. The number of carbonyl (C=O) groups excluding carboxylic acids is 2. The molecule has 1 aliphatic rings. The minimum Gasteiger partial charge on any atom is -0.507 e. The largest absolute Gasteiger partial charge is 0.507 e. The van der Waals surface area contributed by atoms with Crippen LogP contribution in [0.1, 0.15) is 76.3 Å². The summed E-state index contributed by atoms with van der Waals surface area (Å²) in [6.45, 7) is 9.59. The highest BCUT2D eigenvalue weighted by Crippen LogP contribution is 2.47. The van der Waals surface area contributed by atoms with E-state index in [4.69, 9.17) is 9.84 Å². The van der Waals surface area contributed by atoms with Gasteiger partial charge in [-0.1, -0.05) is 43.6 Å². The molecule has 5 nitrogen and oxygen atoms in total. The molecule has 30 heavy (non-hydrogen) atoms. The quantitative estimate of drug-likeness (QED) is 0.185. The first kappa shape index (κ1) is 23.9. The monoisotopic (exact) mass is 414 g/mol. The van der Waals surface area contributed by atoms with E-state index in [2.05, 4.69) is 26.5 Å². The average molecular weight is 415 g/mol. The molecule has 0 radical (unpaired) electrons. The first-order valence-electron chi connectivity index (χ1n) is 10.8. The fraction of sp³-hybridized carbons (Fsp3) is 0.520. The predicted molar refractivity (Wildman–Crippen MR) is 118 cm³/mol. The Morgan fingerprint density at radius 2 is 2.00 bits per heavy atom. The highest BCUT2D eigenvalue weighted by Gasteiger charge is 2.31. The van der Waals surface area contributed by atoms with Gasteiger partial charge in [-0.3, -0.25) is 9.59 Å². The van der Waals surface area contributed by atoms with E-state index in [1.807, 2.05) is 6.92 Å². The molecule has 5 heteroatoms. The summed E-state index contributed by atoms with van der Waals surface area (Å²) in [5.41, 5.74) is 3.69. The van der Waals surface area contributed by atoms with Gasteiger partial charge >= 0.3 is 5.97 Å². The van der Waals surface area contributed by atoms with Gasteiger partial charge in [0.15, 0.2) is 5.78 Å².